The Hall–Kier alpha value is -1.63. The van der Waals surface area contributed by atoms with E-state index in [9.17, 15) is 29.7 Å². The van der Waals surface area contributed by atoms with Crippen LogP contribution >= 0.6 is 0 Å². The highest BCUT2D eigenvalue weighted by molar-refractivity contribution is 6.03. The Morgan fingerprint density at radius 2 is 1.94 bits per heavy atom. The molecule has 0 amide bonds. The van der Waals surface area contributed by atoms with Gasteiger partial charge in [0.15, 0.2) is 17.3 Å². The highest BCUT2D eigenvalue weighted by Gasteiger charge is 2.69. The van der Waals surface area contributed by atoms with Crippen molar-refractivity contribution in [3.63, 3.8) is 0 Å². The second-order valence-electron chi connectivity index (χ2n) is 10.8. The van der Waals surface area contributed by atoms with Crippen LogP contribution in [0.3, 0.4) is 0 Å². The van der Waals surface area contributed by atoms with Gasteiger partial charge >= 0.3 is 0 Å². The number of carbonyl (C=O) groups is 3. The van der Waals surface area contributed by atoms with Crippen LogP contribution in [0.4, 0.5) is 0 Å². The van der Waals surface area contributed by atoms with E-state index < -0.39 is 40.8 Å². The molecule has 6 nitrogen and oxygen atoms in total. The summed E-state index contributed by atoms with van der Waals surface area (Å²) in [7, 11) is 0. The Morgan fingerprint density at radius 1 is 1.26 bits per heavy atom. The topological polar surface area (TPSA) is 112 Å². The minimum absolute atomic E-state index is 0.00187. The van der Waals surface area contributed by atoms with Gasteiger partial charge in [-0.2, -0.15) is 0 Å². The molecule has 4 rings (SSSR count). The van der Waals surface area contributed by atoms with Gasteiger partial charge in [-0.15, -0.1) is 0 Å². The minimum Gasteiger partial charge on any atom is -0.393 e. The fourth-order valence-corrected chi connectivity index (χ4v) is 8.01. The fourth-order valence-electron chi connectivity index (χ4n) is 8.01. The molecule has 0 aromatic carbocycles. The average Bonchev–Trinajstić information content (AvgIpc) is 2.97. The molecule has 4 aliphatic carbocycles. The molecule has 8 atom stereocenters. The number of rotatable bonds is 4. The molecule has 0 aliphatic heterocycles. The number of aliphatic hydroxyl groups excluding tert-OH is 2. The molecule has 1 unspecified atom stereocenters. The number of aliphatic hydroxyl groups is 3. The smallest absolute Gasteiger partial charge is 0.190 e. The monoisotopic (exact) mass is 430 g/mol. The summed E-state index contributed by atoms with van der Waals surface area (Å²) in [5.41, 5.74) is -1.78. The van der Waals surface area contributed by atoms with Crippen LogP contribution < -0.4 is 0 Å². The Balaban J connectivity index is 1.80. The van der Waals surface area contributed by atoms with Gasteiger partial charge in [0.05, 0.1) is 6.10 Å². The van der Waals surface area contributed by atoms with Crippen LogP contribution in [-0.2, 0) is 14.4 Å². The van der Waals surface area contributed by atoms with E-state index in [2.05, 4.69) is 6.58 Å². The predicted molar refractivity (Wildman–Crippen MR) is 114 cm³/mol. The standard InChI is InChI=1S/C25H34O6/c1-13(2)22(30)18-10-15(27)9-14-5-6-16-17-7-8-25(31,20(29)12-26)23(17,3)11-19(28)21(16)24(14,18)4/h9,16-19,21,26,28,31H,1,5-8,10-12H2,2-4H3/t16-,17-,18?,19-,21+,23-,24-,25-/m0/s1. The third kappa shape index (κ3) is 2.84. The molecule has 0 spiro atoms. The van der Waals surface area contributed by atoms with Crippen LogP contribution in [0.25, 0.3) is 0 Å². The van der Waals surface area contributed by atoms with Crippen molar-refractivity contribution in [2.75, 3.05) is 6.61 Å². The predicted octanol–water partition coefficient (Wildman–Crippen LogP) is 2.15. The maximum atomic E-state index is 13.1. The van der Waals surface area contributed by atoms with E-state index in [0.717, 1.165) is 12.0 Å². The lowest BCUT2D eigenvalue weighted by Gasteiger charge is -2.61. The average molecular weight is 431 g/mol. The van der Waals surface area contributed by atoms with Gasteiger partial charge in [-0.25, -0.2) is 0 Å². The zero-order chi connectivity index (χ0) is 22.9. The zero-order valence-corrected chi connectivity index (χ0v) is 18.7. The van der Waals surface area contributed by atoms with E-state index in [1.54, 1.807) is 13.0 Å². The molecule has 0 bridgehead atoms. The van der Waals surface area contributed by atoms with E-state index in [0.29, 0.717) is 18.4 Å². The third-order valence-electron chi connectivity index (χ3n) is 9.54. The lowest BCUT2D eigenvalue weighted by molar-refractivity contribution is -0.186. The van der Waals surface area contributed by atoms with Gasteiger partial charge in [0.2, 0.25) is 0 Å². The lowest BCUT2D eigenvalue weighted by atomic mass is 9.43. The van der Waals surface area contributed by atoms with Crippen molar-refractivity contribution >= 4 is 17.3 Å². The van der Waals surface area contributed by atoms with Gasteiger partial charge in [0.1, 0.15) is 12.2 Å². The molecule has 3 fully saturated rings. The van der Waals surface area contributed by atoms with Crippen molar-refractivity contribution in [2.24, 2.45) is 34.5 Å². The van der Waals surface area contributed by atoms with E-state index in [1.807, 2.05) is 13.8 Å². The van der Waals surface area contributed by atoms with Crippen molar-refractivity contribution in [3.8, 4) is 0 Å². The molecule has 4 aliphatic rings. The second kappa shape index (κ2) is 7.19. The molecular weight excluding hydrogens is 396 g/mol. The number of carbonyl (C=O) groups excluding carboxylic acids is 3. The molecule has 0 aromatic heterocycles. The maximum Gasteiger partial charge on any atom is 0.190 e. The van der Waals surface area contributed by atoms with E-state index in [-0.39, 0.29) is 48.6 Å². The van der Waals surface area contributed by atoms with Gasteiger partial charge < -0.3 is 15.3 Å². The first-order chi connectivity index (χ1) is 14.4. The quantitative estimate of drug-likeness (QED) is 0.589. The van der Waals surface area contributed by atoms with Crippen molar-refractivity contribution in [1.82, 2.24) is 0 Å². The van der Waals surface area contributed by atoms with E-state index in [1.165, 1.54) is 0 Å². The van der Waals surface area contributed by atoms with Crippen LogP contribution in [0, 0.1) is 34.5 Å². The molecule has 0 saturated heterocycles. The Kier molecular flexibility index (Phi) is 5.23. The summed E-state index contributed by atoms with van der Waals surface area (Å²) in [5, 5.41) is 32.3. The molecule has 3 N–H and O–H groups in total. The zero-order valence-electron chi connectivity index (χ0n) is 18.7. The van der Waals surface area contributed by atoms with Crippen molar-refractivity contribution in [3.05, 3.63) is 23.8 Å². The summed E-state index contributed by atoms with van der Waals surface area (Å²) < 4.78 is 0. The van der Waals surface area contributed by atoms with Crippen molar-refractivity contribution < 1.29 is 29.7 Å². The molecule has 6 heteroatoms. The van der Waals surface area contributed by atoms with Crippen LogP contribution in [0.1, 0.15) is 59.3 Å². The molecular formula is C25H34O6. The first kappa shape index (κ1) is 22.6. The van der Waals surface area contributed by atoms with Crippen molar-refractivity contribution in [2.45, 2.75) is 71.0 Å². The van der Waals surface area contributed by atoms with Gasteiger partial charge in [-0.3, -0.25) is 14.4 Å². The number of hydrogen-bond donors (Lipinski definition) is 3. The van der Waals surface area contributed by atoms with Gasteiger partial charge in [-0.05, 0) is 68.4 Å². The first-order valence-corrected chi connectivity index (χ1v) is 11.4. The van der Waals surface area contributed by atoms with E-state index in [4.69, 9.17) is 0 Å². The third-order valence-corrected chi connectivity index (χ3v) is 9.54. The summed E-state index contributed by atoms with van der Waals surface area (Å²) >= 11 is 0. The Labute approximate surface area is 183 Å². The summed E-state index contributed by atoms with van der Waals surface area (Å²) in [6.45, 7) is 8.65. The van der Waals surface area contributed by atoms with Crippen LogP contribution in [0.15, 0.2) is 23.8 Å². The van der Waals surface area contributed by atoms with E-state index >= 15 is 0 Å². The molecule has 0 radical (unpaired) electrons. The summed E-state index contributed by atoms with van der Waals surface area (Å²) in [5.74, 6) is -1.53. The summed E-state index contributed by atoms with van der Waals surface area (Å²) in [6, 6.07) is 0. The SMILES string of the molecule is C=C(C)C(=O)C1CC(=O)C=C2CC[C@@H]3[C@H]([C@@H](O)C[C@@]4(C)[C@H]3CC[C@]4(O)C(=O)CO)[C@@]21C. The highest BCUT2D eigenvalue weighted by atomic mass is 16.3. The molecule has 0 aromatic rings. The molecule has 3 saturated carbocycles. The maximum absolute atomic E-state index is 13.1. The van der Waals surface area contributed by atoms with Crippen LogP contribution in [0.2, 0.25) is 0 Å². The normalized spacial score (nSPS) is 46.5. The van der Waals surface area contributed by atoms with Crippen molar-refractivity contribution in [1.29, 1.82) is 0 Å². The number of hydrogen-bond acceptors (Lipinski definition) is 6. The van der Waals surface area contributed by atoms with Gasteiger partial charge in [0, 0.05) is 23.2 Å². The first-order valence-electron chi connectivity index (χ1n) is 11.4. The van der Waals surface area contributed by atoms with Crippen LogP contribution in [-0.4, -0.2) is 51.0 Å². The van der Waals surface area contributed by atoms with Gasteiger partial charge in [-0.1, -0.05) is 26.0 Å². The number of allylic oxidation sites excluding steroid dienone is 2. The summed E-state index contributed by atoms with van der Waals surface area (Å²) in [4.78, 5) is 38.1. The Bertz CT molecular complexity index is 888. The fraction of sp³-hybridized carbons (Fsp3) is 0.720. The van der Waals surface area contributed by atoms with Gasteiger partial charge in [0.25, 0.3) is 0 Å². The lowest BCUT2D eigenvalue weighted by Crippen LogP contribution is -2.63. The summed E-state index contributed by atoms with van der Waals surface area (Å²) in [6.07, 6.45) is 3.52. The molecule has 0 heterocycles. The van der Waals surface area contributed by atoms with Crippen LogP contribution in [0.5, 0.6) is 0 Å². The number of Topliss-reactive ketones (excluding diaryl/α,β-unsaturated/α-hetero) is 2. The second-order valence-corrected chi connectivity index (χ2v) is 10.8. The largest absolute Gasteiger partial charge is 0.393 e. The molecule has 170 valence electrons. The number of ketones is 3. The minimum atomic E-state index is -1.65. The Morgan fingerprint density at radius 3 is 2.55 bits per heavy atom. The number of fused-ring (bicyclic) bond motifs is 5. The highest BCUT2D eigenvalue weighted by Crippen LogP contribution is 2.68. The molecule has 31 heavy (non-hydrogen) atoms.